The molecule has 1 atom stereocenters. The van der Waals surface area contributed by atoms with Crippen molar-refractivity contribution in [2.24, 2.45) is 16.0 Å². The van der Waals surface area contributed by atoms with Crippen molar-refractivity contribution in [2.45, 2.75) is 31.6 Å². The molecule has 1 aromatic carbocycles. The highest BCUT2D eigenvalue weighted by Gasteiger charge is 2.27. The zero-order chi connectivity index (χ0) is 18.4. The predicted molar refractivity (Wildman–Crippen MR) is 92.6 cm³/mol. The minimum absolute atomic E-state index is 0.0590. The van der Waals surface area contributed by atoms with Gasteiger partial charge >= 0.3 is 0 Å². The molecule has 0 aromatic heterocycles. The number of aliphatic imine (C=N–C) groups is 1. The maximum atomic E-state index is 13.6. The maximum absolute atomic E-state index is 13.6. The topological polar surface area (TPSA) is 84.5 Å². The van der Waals surface area contributed by atoms with Crippen molar-refractivity contribution >= 4 is 21.9 Å². The molecule has 0 spiro atoms. The average Bonchev–Trinajstić information content (AvgIpc) is 2.45. The molecule has 0 aliphatic rings. The van der Waals surface area contributed by atoms with Gasteiger partial charge in [-0.1, -0.05) is 19.1 Å². The van der Waals surface area contributed by atoms with Crippen LogP contribution in [0.3, 0.4) is 0 Å². The van der Waals surface area contributed by atoms with Gasteiger partial charge in [-0.2, -0.15) is 8.78 Å². The summed E-state index contributed by atoms with van der Waals surface area (Å²) in [5.74, 6) is -3.20. The van der Waals surface area contributed by atoms with Crippen LogP contribution in [0.25, 0.3) is 0 Å². The van der Waals surface area contributed by atoms with Gasteiger partial charge in [-0.05, 0) is 31.2 Å². The molecule has 132 valence electrons. The van der Waals surface area contributed by atoms with Gasteiger partial charge in [0.1, 0.15) is 5.70 Å². The molecule has 1 aromatic rings. The Morgan fingerprint density at radius 1 is 1.33 bits per heavy atom. The van der Waals surface area contributed by atoms with E-state index in [0.29, 0.717) is 5.69 Å². The molecule has 0 radical (unpaired) electrons. The van der Waals surface area contributed by atoms with Crippen molar-refractivity contribution in [3.8, 4) is 0 Å². The van der Waals surface area contributed by atoms with Crippen LogP contribution < -0.4 is 10.5 Å². The van der Waals surface area contributed by atoms with Crippen LogP contribution in [0.2, 0.25) is 0 Å². The van der Waals surface area contributed by atoms with Gasteiger partial charge in [-0.3, -0.25) is 4.99 Å². The molecule has 5 nitrogen and oxygen atoms in total. The number of primary sulfonamides is 1. The number of nitrogens with two attached hydrogens (primary N) is 1. The Labute approximate surface area is 141 Å². The van der Waals surface area contributed by atoms with Crippen LogP contribution >= 0.6 is 0 Å². The molecular formula is C16H21F2N3O2S. The summed E-state index contributed by atoms with van der Waals surface area (Å²) in [6.07, 6.45) is 6.16. The molecule has 0 heterocycles. The molecule has 8 heteroatoms. The van der Waals surface area contributed by atoms with Gasteiger partial charge in [-0.25, -0.2) is 13.6 Å². The van der Waals surface area contributed by atoms with Gasteiger partial charge in [0.15, 0.2) is 0 Å². The number of hydrogen-bond donors (Lipinski definition) is 2. The van der Waals surface area contributed by atoms with Gasteiger partial charge in [-0.15, -0.1) is 0 Å². The van der Waals surface area contributed by atoms with Crippen LogP contribution in [0.5, 0.6) is 0 Å². The standard InChI is InChI=1S/C16H21F2N3O2S/c1-4-5-12(2)10-21-15(16(3,17)18)11-20-13-6-8-14(9-7-13)24(19,22)23/h4-12,20H,1-3H3,(H2,19,22,23)/b5-4+,15-11-,21-10?. The third-order valence-corrected chi connectivity index (χ3v) is 3.88. The zero-order valence-electron chi connectivity index (χ0n) is 13.7. The summed E-state index contributed by atoms with van der Waals surface area (Å²) in [4.78, 5) is 3.78. The van der Waals surface area contributed by atoms with E-state index in [9.17, 15) is 17.2 Å². The first kappa shape index (κ1) is 20.0. The normalized spacial score (nSPS) is 15.2. The van der Waals surface area contributed by atoms with Crippen molar-refractivity contribution in [2.75, 3.05) is 5.32 Å². The molecule has 3 N–H and O–H groups in total. The second-order valence-electron chi connectivity index (χ2n) is 5.29. The fourth-order valence-corrected chi connectivity index (χ4v) is 2.24. The van der Waals surface area contributed by atoms with Gasteiger partial charge in [0, 0.05) is 30.9 Å². The van der Waals surface area contributed by atoms with E-state index in [4.69, 9.17) is 5.14 Å². The molecule has 0 aliphatic heterocycles. The first-order valence-corrected chi connectivity index (χ1v) is 8.73. The predicted octanol–water partition coefficient (Wildman–Crippen LogP) is 3.53. The zero-order valence-corrected chi connectivity index (χ0v) is 14.5. The van der Waals surface area contributed by atoms with Crippen molar-refractivity contribution in [1.82, 2.24) is 0 Å². The highest BCUT2D eigenvalue weighted by Crippen LogP contribution is 2.24. The number of anilines is 1. The van der Waals surface area contributed by atoms with Crippen LogP contribution in [0.4, 0.5) is 14.5 Å². The number of sulfonamides is 1. The third kappa shape index (κ3) is 6.59. The minimum Gasteiger partial charge on any atom is -0.360 e. The van der Waals surface area contributed by atoms with Crippen LogP contribution in [-0.4, -0.2) is 20.6 Å². The Morgan fingerprint density at radius 2 is 1.92 bits per heavy atom. The number of halogens is 2. The molecule has 0 saturated heterocycles. The van der Waals surface area contributed by atoms with Crippen LogP contribution in [0.15, 0.2) is 58.2 Å². The fourth-order valence-electron chi connectivity index (χ4n) is 1.72. The third-order valence-electron chi connectivity index (χ3n) is 2.95. The van der Waals surface area contributed by atoms with Crippen molar-refractivity contribution in [3.63, 3.8) is 0 Å². The lowest BCUT2D eigenvalue weighted by Gasteiger charge is -2.12. The highest BCUT2D eigenvalue weighted by molar-refractivity contribution is 7.89. The van der Waals surface area contributed by atoms with E-state index in [-0.39, 0.29) is 10.8 Å². The van der Waals surface area contributed by atoms with Gasteiger partial charge in [0.2, 0.25) is 10.0 Å². The molecular weight excluding hydrogens is 336 g/mol. The van der Waals surface area contributed by atoms with E-state index in [1.54, 1.807) is 0 Å². The van der Waals surface area contributed by atoms with Crippen molar-refractivity contribution < 1.29 is 17.2 Å². The SMILES string of the molecule is C/C=C/C(C)C=N/C(=C\Nc1ccc(S(N)(=O)=O)cc1)C(C)(F)F. The number of nitrogens with one attached hydrogen (secondary N) is 1. The summed E-state index contributed by atoms with van der Waals surface area (Å²) in [6, 6.07) is 5.42. The lowest BCUT2D eigenvalue weighted by molar-refractivity contribution is 0.0621. The van der Waals surface area contributed by atoms with Crippen molar-refractivity contribution in [1.29, 1.82) is 0 Å². The number of nitrogens with zero attached hydrogens (tertiary/aromatic N) is 1. The monoisotopic (exact) mass is 357 g/mol. The lowest BCUT2D eigenvalue weighted by Crippen LogP contribution is -2.14. The van der Waals surface area contributed by atoms with Crippen LogP contribution in [0, 0.1) is 5.92 Å². The van der Waals surface area contributed by atoms with E-state index in [0.717, 1.165) is 13.1 Å². The summed E-state index contributed by atoms with van der Waals surface area (Å²) in [5, 5.41) is 7.67. The molecule has 0 aliphatic carbocycles. The summed E-state index contributed by atoms with van der Waals surface area (Å²) >= 11 is 0. The molecule has 24 heavy (non-hydrogen) atoms. The number of alkyl halides is 2. The first-order chi connectivity index (χ1) is 11.0. The second kappa shape index (κ2) is 8.16. The summed E-state index contributed by atoms with van der Waals surface area (Å²) < 4.78 is 49.6. The van der Waals surface area contributed by atoms with Crippen LogP contribution in [0.1, 0.15) is 20.8 Å². The van der Waals surface area contributed by atoms with Crippen LogP contribution in [-0.2, 0) is 10.0 Å². The molecule has 0 bridgehead atoms. The van der Waals surface area contributed by atoms with Gasteiger partial charge in [0.25, 0.3) is 5.92 Å². The van der Waals surface area contributed by atoms with Gasteiger partial charge in [0.05, 0.1) is 4.90 Å². The van der Waals surface area contributed by atoms with E-state index >= 15 is 0 Å². The summed E-state index contributed by atoms with van der Waals surface area (Å²) in [5.41, 5.74) is -0.00442. The number of hydrogen-bond acceptors (Lipinski definition) is 4. The molecule has 0 fully saturated rings. The Balaban J connectivity index is 2.96. The first-order valence-electron chi connectivity index (χ1n) is 7.19. The molecule has 1 rings (SSSR count). The Bertz CT molecular complexity index is 734. The quantitative estimate of drug-likeness (QED) is 0.578. The lowest BCUT2D eigenvalue weighted by atomic mass is 10.2. The van der Waals surface area contributed by atoms with E-state index < -0.39 is 21.6 Å². The summed E-state index contributed by atoms with van der Waals surface area (Å²) in [6.45, 7) is 4.42. The fraction of sp³-hybridized carbons (Fsp3) is 0.312. The molecule has 0 saturated carbocycles. The van der Waals surface area contributed by atoms with E-state index in [1.807, 2.05) is 26.0 Å². The smallest absolute Gasteiger partial charge is 0.288 e. The highest BCUT2D eigenvalue weighted by atomic mass is 32.2. The Morgan fingerprint density at radius 3 is 2.38 bits per heavy atom. The molecule has 1 unspecified atom stereocenters. The second-order valence-corrected chi connectivity index (χ2v) is 6.86. The van der Waals surface area contributed by atoms with Crippen molar-refractivity contribution in [3.05, 3.63) is 48.3 Å². The van der Waals surface area contributed by atoms with E-state index in [2.05, 4.69) is 10.3 Å². The Kier molecular flexibility index (Phi) is 6.80. The van der Waals surface area contributed by atoms with Gasteiger partial charge < -0.3 is 5.32 Å². The van der Waals surface area contributed by atoms with E-state index in [1.165, 1.54) is 30.5 Å². The largest absolute Gasteiger partial charge is 0.360 e. The minimum atomic E-state index is -3.79. The maximum Gasteiger partial charge on any atom is 0.288 e. The number of allylic oxidation sites excluding steroid dienone is 3. The average molecular weight is 357 g/mol. The molecule has 0 amide bonds. The summed E-state index contributed by atoms with van der Waals surface area (Å²) in [7, 11) is -3.79. The number of benzene rings is 1. The number of rotatable bonds is 7. The Hall–Kier alpha value is -2.06.